The maximum atomic E-state index is 12.6. The Balaban J connectivity index is 2.00. The van der Waals surface area contributed by atoms with Gasteiger partial charge >= 0.3 is 0 Å². The number of methoxy groups -OCH3 is 1. The minimum Gasteiger partial charge on any atom is -0.494 e. The molecule has 0 unspecified atom stereocenters. The van der Waals surface area contributed by atoms with Crippen LogP contribution in [0.2, 0.25) is 0 Å². The summed E-state index contributed by atoms with van der Waals surface area (Å²) in [6.45, 7) is 6.41. The minimum atomic E-state index is -0.516. The van der Waals surface area contributed by atoms with Crippen molar-refractivity contribution in [3.05, 3.63) is 70.8 Å². The molecular formula is C21H25N3O5. The number of nitrogens with one attached hydrogen (secondary N) is 1. The molecule has 154 valence electrons. The van der Waals surface area contributed by atoms with Crippen molar-refractivity contribution >= 4 is 17.3 Å². The molecule has 0 spiro atoms. The molecule has 0 aliphatic rings. The van der Waals surface area contributed by atoms with Crippen LogP contribution >= 0.6 is 0 Å². The zero-order valence-corrected chi connectivity index (χ0v) is 16.8. The van der Waals surface area contributed by atoms with E-state index in [9.17, 15) is 14.9 Å². The van der Waals surface area contributed by atoms with E-state index in [0.717, 1.165) is 11.3 Å². The lowest BCUT2D eigenvalue weighted by Gasteiger charge is -2.24. The van der Waals surface area contributed by atoms with E-state index in [0.29, 0.717) is 18.8 Å². The molecule has 0 fully saturated rings. The van der Waals surface area contributed by atoms with Crippen molar-refractivity contribution in [3.8, 4) is 11.5 Å². The van der Waals surface area contributed by atoms with Crippen LogP contribution in [0.15, 0.2) is 55.1 Å². The number of non-ortho nitro benzene ring substituents is 1. The van der Waals surface area contributed by atoms with E-state index in [-0.39, 0.29) is 17.3 Å². The Kier molecular flexibility index (Phi) is 7.73. The summed E-state index contributed by atoms with van der Waals surface area (Å²) in [5.74, 6) is 0.746. The monoisotopic (exact) mass is 399 g/mol. The van der Waals surface area contributed by atoms with Crippen molar-refractivity contribution in [2.45, 2.75) is 19.5 Å². The smallest absolute Gasteiger partial charge is 0.273 e. The third-order valence-electron chi connectivity index (χ3n) is 4.42. The normalized spacial score (nSPS) is 11.6. The van der Waals surface area contributed by atoms with E-state index in [2.05, 4.69) is 11.9 Å². The molecule has 2 aromatic rings. The Morgan fingerprint density at radius 3 is 2.59 bits per heavy atom. The van der Waals surface area contributed by atoms with Crippen LogP contribution in [0.25, 0.3) is 0 Å². The number of rotatable bonds is 10. The molecule has 0 aromatic heterocycles. The summed E-state index contributed by atoms with van der Waals surface area (Å²) in [6.07, 6.45) is 1.68. The SMILES string of the molecule is C=CCOc1ccc(CN(C)[C@H](C)C(=O)Nc2ccc([N+](=O)[O-])cc2OC)cc1. The average molecular weight is 399 g/mol. The molecule has 1 N–H and O–H groups in total. The van der Waals surface area contributed by atoms with E-state index >= 15 is 0 Å². The molecule has 0 bridgehead atoms. The van der Waals surface area contributed by atoms with E-state index in [1.54, 1.807) is 13.0 Å². The average Bonchev–Trinajstić information content (AvgIpc) is 2.72. The lowest BCUT2D eigenvalue weighted by molar-refractivity contribution is -0.384. The third kappa shape index (κ3) is 6.05. The van der Waals surface area contributed by atoms with Crippen molar-refractivity contribution < 1.29 is 19.2 Å². The summed E-state index contributed by atoms with van der Waals surface area (Å²) in [7, 11) is 3.24. The van der Waals surface area contributed by atoms with E-state index < -0.39 is 11.0 Å². The highest BCUT2D eigenvalue weighted by molar-refractivity contribution is 5.96. The van der Waals surface area contributed by atoms with Gasteiger partial charge in [0.25, 0.3) is 5.69 Å². The summed E-state index contributed by atoms with van der Waals surface area (Å²) in [4.78, 5) is 24.9. The predicted molar refractivity (Wildman–Crippen MR) is 111 cm³/mol. The fourth-order valence-corrected chi connectivity index (χ4v) is 2.61. The van der Waals surface area contributed by atoms with Gasteiger partial charge in [0.1, 0.15) is 18.1 Å². The van der Waals surface area contributed by atoms with Gasteiger partial charge in [-0.25, -0.2) is 0 Å². The Bertz CT molecular complexity index is 867. The summed E-state index contributed by atoms with van der Waals surface area (Å²) < 4.78 is 10.6. The molecule has 8 nitrogen and oxygen atoms in total. The molecule has 0 aliphatic carbocycles. The maximum Gasteiger partial charge on any atom is 0.273 e. The highest BCUT2D eigenvalue weighted by Crippen LogP contribution is 2.29. The highest BCUT2D eigenvalue weighted by Gasteiger charge is 2.20. The van der Waals surface area contributed by atoms with Crippen molar-refractivity contribution in [3.63, 3.8) is 0 Å². The second-order valence-corrected chi connectivity index (χ2v) is 6.47. The fraction of sp³-hybridized carbons (Fsp3) is 0.286. The number of carbonyl (C=O) groups is 1. The fourth-order valence-electron chi connectivity index (χ4n) is 2.61. The zero-order valence-electron chi connectivity index (χ0n) is 16.8. The van der Waals surface area contributed by atoms with Crippen molar-refractivity contribution in [2.24, 2.45) is 0 Å². The molecule has 2 rings (SSSR count). The second-order valence-electron chi connectivity index (χ2n) is 6.47. The van der Waals surface area contributed by atoms with Crippen LogP contribution in [0.1, 0.15) is 12.5 Å². The van der Waals surface area contributed by atoms with Crippen molar-refractivity contribution in [2.75, 3.05) is 26.1 Å². The number of carbonyl (C=O) groups excluding carboxylic acids is 1. The molecule has 1 atom stereocenters. The Morgan fingerprint density at radius 1 is 1.31 bits per heavy atom. The van der Waals surface area contributed by atoms with Gasteiger partial charge in [-0.1, -0.05) is 24.8 Å². The standard InChI is InChI=1S/C21H25N3O5/c1-5-12-29-18-9-6-16(7-10-18)14-23(3)15(2)21(25)22-19-11-8-17(24(26)27)13-20(19)28-4/h5-11,13,15H,1,12,14H2,2-4H3,(H,22,25)/t15-/m1/s1. The van der Waals surface area contributed by atoms with Gasteiger partial charge in [0.05, 0.1) is 29.8 Å². The lowest BCUT2D eigenvalue weighted by atomic mass is 10.1. The first kappa shape index (κ1) is 21.9. The third-order valence-corrected chi connectivity index (χ3v) is 4.42. The summed E-state index contributed by atoms with van der Waals surface area (Å²) in [5, 5.41) is 13.7. The van der Waals surface area contributed by atoms with Crippen LogP contribution in [-0.2, 0) is 11.3 Å². The first-order valence-corrected chi connectivity index (χ1v) is 9.02. The van der Waals surface area contributed by atoms with Crippen LogP contribution in [0, 0.1) is 10.1 Å². The minimum absolute atomic E-state index is 0.106. The maximum absolute atomic E-state index is 12.6. The van der Waals surface area contributed by atoms with E-state index in [1.165, 1.54) is 25.3 Å². The first-order chi connectivity index (χ1) is 13.8. The summed E-state index contributed by atoms with van der Waals surface area (Å²) >= 11 is 0. The molecule has 2 aromatic carbocycles. The number of hydrogen-bond acceptors (Lipinski definition) is 6. The largest absolute Gasteiger partial charge is 0.494 e. The number of likely N-dealkylation sites (N-methyl/N-ethyl adjacent to an activating group) is 1. The van der Waals surface area contributed by atoms with E-state index in [1.807, 2.05) is 36.2 Å². The molecular weight excluding hydrogens is 374 g/mol. The molecule has 8 heteroatoms. The Labute approximate surface area is 169 Å². The Hall–Kier alpha value is -3.39. The van der Waals surface area contributed by atoms with Gasteiger partial charge in [-0.2, -0.15) is 0 Å². The molecule has 0 aliphatic heterocycles. The number of nitrogens with zero attached hydrogens (tertiary/aromatic N) is 2. The van der Waals surface area contributed by atoms with E-state index in [4.69, 9.17) is 9.47 Å². The summed E-state index contributed by atoms with van der Waals surface area (Å²) in [5.41, 5.74) is 1.31. The number of nitro groups is 1. The van der Waals surface area contributed by atoms with Crippen molar-refractivity contribution in [1.29, 1.82) is 0 Å². The number of hydrogen-bond donors (Lipinski definition) is 1. The van der Waals surface area contributed by atoms with Gasteiger partial charge < -0.3 is 14.8 Å². The van der Waals surface area contributed by atoms with Crippen LogP contribution in [-0.4, -0.2) is 42.5 Å². The number of anilines is 1. The molecule has 0 saturated heterocycles. The lowest BCUT2D eigenvalue weighted by Crippen LogP contribution is -2.39. The number of ether oxygens (including phenoxy) is 2. The highest BCUT2D eigenvalue weighted by atomic mass is 16.6. The van der Waals surface area contributed by atoms with Gasteiger partial charge in [0.15, 0.2) is 0 Å². The second kappa shape index (κ2) is 10.2. The molecule has 29 heavy (non-hydrogen) atoms. The van der Waals surface area contributed by atoms with Crippen LogP contribution in [0.5, 0.6) is 11.5 Å². The quantitative estimate of drug-likeness (QED) is 0.372. The van der Waals surface area contributed by atoms with Gasteiger partial charge in [-0.15, -0.1) is 0 Å². The summed E-state index contributed by atoms with van der Waals surface area (Å²) in [6, 6.07) is 11.3. The molecule has 0 heterocycles. The van der Waals surface area contributed by atoms with Crippen LogP contribution < -0.4 is 14.8 Å². The van der Waals surface area contributed by atoms with Gasteiger partial charge in [-0.05, 0) is 37.7 Å². The van der Waals surface area contributed by atoms with Crippen LogP contribution in [0.4, 0.5) is 11.4 Å². The first-order valence-electron chi connectivity index (χ1n) is 9.02. The molecule has 0 saturated carbocycles. The van der Waals surface area contributed by atoms with Gasteiger partial charge in [0, 0.05) is 12.6 Å². The van der Waals surface area contributed by atoms with Gasteiger partial charge in [0.2, 0.25) is 5.91 Å². The van der Waals surface area contributed by atoms with Gasteiger partial charge in [-0.3, -0.25) is 19.8 Å². The van der Waals surface area contributed by atoms with Crippen molar-refractivity contribution in [1.82, 2.24) is 4.90 Å². The molecule has 1 amide bonds. The number of nitro benzene ring substituents is 1. The molecule has 0 radical (unpaired) electrons. The number of benzene rings is 2. The Morgan fingerprint density at radius 2 is 2.00 bits per heavy atom. The predicted octanol–water partition coefficient (Wildman–Crippen LogP) is 3.63. The topological polar surface area (TPSA) is 93.9 Å². The van der Waals surface area contributed by atoms with Crippen LogP contribution in [0.3, 0.4) is 0 Å². The zero-order chi connectivity index (χ0) is 21.4. The number of amides is 1.